The smallest absolute Gasteiger partial charge is 0.193 e. The summed E-state index contributed by atoms with van der Waals surface area (Å²) in [6.45, 7) is 5.41. The van der Waals surface area contributed by atoms with Crippen molar-refractivity contribution in [1.82, 2.24) is 0 Å². The van der Waals surface area contributed by atoms with Crippen molar-refractivity contribution in [3.63, 3.8) is 0 Å². The zero-order chi connectivity index (χ0) is 18.6. The minimum atomic E-state index is -1.61. The fraction of sp³-hybridized carbons (Fsp3) is 0.316. The van der Waals surface area contributed by atoms with E-state index in [2.05, 4.69) is 24.2 Å². The van der Waals surface area contributed by atoms with Crippen molar-refractivity contribution in [3.05, 3.63) is 65.2 Å². The van der Waals surface area contributed by atoms with Crippen molar-refractivity contribution in [2.75, 3.05) is 11.9 Å². The molecule has 142 valence electrons. The van der Waals surface area contributed by atoms with Gasteiger partial charge in [-0.15, -0.1) is 24.0 Å². The Morgan fingerprint density at radius 2 is 1.92 bits per heavy atom. The molecule has 4 N–H and O–H groups in total. The van der Waals surface area contributed by atoms with Crippen molar-refractivity contribution in [1.29, 1.82) is 0 Å². The predicted octanol–water partition coefficient (Wildman–Crippen LogP) is 4.34. The molecule has 0 saturated carbocycles. The molecule has 0 spiro atoms. The molecule has 1 unspecified atom stereocenters. The fourth-order valence-corrected chi connectivity index (χ4v) is 2.41. The Balaban J connectivity index is 0.00000338. The highest BCUT2D eigenvalue weighted by Crippen LogP contribution is 2.24. The summed E-state index contributed by atoms with van der Waals surface area (Å²) in [5.41, 5.74) is 6.14. The van der Waals surface area contributed by atoms with Crippen LogP contribution in [0.25, 0.3) is 0 Å². The number of benzene rings is 2. The molecule has 2 rings (SSSR count). The lowest BCUT2D eigenvalue weighted by Gasteiger charge is -2.22. The van der Waals surface area contributed by atoms with E-state index >= 15 is 0 Å². The zero-order valence-electron chi connectivity index (χ0n) is 15.0. The molecule has 0 saturated heterocycles. The number of nitrogens with one attached hydrogen (secondary N) is 1. The maximum Gasteiger partial charge on any atom is 0.193 e. The molecule has 0 aliphatic carbocycles. The summed E-state index contributed by atoms with van der Waals surface area (Å²) in [6, 6.07) is 10.8. The lowest BCUT2D eigenvalue weighted by atomic mass is 9.95. The van der Waals surface area contributed by atoms with E-state index in [0.29, 0.717) is 5.92 Å². The number of anilines is 1. The Labute approximate surface area is 169 Å². The summed E-state index contributed by atoms with van der Waals surface area (Å²) >= 11 is 0. The fourth-order valence-electron chi connectivity index (χ4n) is 2.41. The number of nitrogens with two attached hydrogens (primary N) is 1. The first-order chi connectivity index (χ1) is 11.7. The molecule has 1 atom stereocenters. The van der Waals surface area contributed by atoms with Crippen LogP contribution in [-0.2, 0) is 5.60 Å². The molecule has 2 aromatic rings. The summed E-state index contributed by atoms with van der Waals surface area (Å²) in [5.74, 6) is -1.05. The lowest BCUT2D eigenvalue weighted by molar-refractivity contribution is 0.0634. The molecule has 0 heterocycles. The van der Waals surface area contributed by atoms with Gasteiger partial charge in [0.2, 0.25) is 0 Å². The number of aliphatic hydroxyl groups is 1. The largest absolute Gasteiger partial charge is 0.383 e. The first-order valence-corrected chi connectivity index (χ1v) is 8.04. The van der Waals surface area contributed by atoms with Gasteiger partial charge in [0.15, 0.2) is 5.96 Å². The van der Waals surface area contributed by atoms with Gasteiger partial charge < -0.3 is 16.2 Å². The molecular formula is C19H24F2IN3O. The van der Waals surface area contributed by atoms with Gasteiger partial charge in [-0.05, 0) is 36.6 Å². The minimum Gasteiger partial charge on any atom is -0.383 e. The molecule has 0 aliphatic heterocycles. The monoisotopic (exact) mass is 475 g/mol. The topological polar surface area (TPSA) is 70.6 Å². The van der Waals surface area contributed by atoms with Gasteiger partial charge in [0.05, 0.1) is 6.54 Å². The van der Waals surface area contributed by atoms with Crippen molar-refractivity contribution in [2.24, 2.45) is 10.7 Å². The molecule has 0 amide bonds. The maximum atomic E-state index is 13.8. The molecule has 26 heavy (non-hydrogen) atoms. The van der Waals surface area contributed by atoms with Gasteiger partial charge in [0.25, 0.3) is 0 Å². The van der Waals surface area contributed by atoms with Crippen LogP contribution in [0, 0.1) is 11.6 Å². The van der Waals surface area contributed by atoms with E-state index in [1.54, 1.807) is 0 Å². The first kappa shape index (κ1) is 22.3. The highest BCUT2D eigenvalue weighted by atomic mass is 127. The molecule has 4 nitrogen and oxygen atoms in total. The summed E-state index contributed by atoms with van der Waals surface area (Å²) in [7, 11) is 0. The second-order valence-corrected chi connectivity index (χ2v) is 6.50. The second-order valence-electron chi connectivity index (χ2n) is 6.50. The number of nitrogens with zero attached hydrogens (tertiary/aromatic N) is 1. The van der Waals surface area contributed by atoms with Gasteiger partial charge >= 0.3 is 0 Å². The molecule has 0 fully saturated rings. The highest BCUT2D eigenvalue weighted by molar-refractivity contribution is 14.0. The number of hydrogen-bond acceptors (Lipinski definition) is 2. The van der Waals surface area contributed by atoms with Gasteiger partial charge in [-0.2, -0.15) is 0 Å². The van der Waals surface area contributed by atoms with Crippen LogP contribution in [0.1, 0.15) is 37.8 Å². The second kappa shape index (κ2) is 9.27. The third-order valence-electron chi connectivity index (χ3n) is 3.89. The van der Waals surface area contributed by atoms with E-state index in [-0.39, 0.29) is 42.0 Å². The molecule has 0 bridgehead atoms. The van der Waals surface area contributed by atoms with Crippen LogP contribution in [-0.4, -0.2) is 17.6 Å². The van der Waals surface area contributed by atoms with E-state index < -0.39 is 17.2 Å². The third kappa shape index (κ3) is 5.91. The van der Waals surface area contributed by atoms with Crippen LogP contribution >= 0.6 is 24.0 Å². The quantitative estimate of drug-likeness (QED) is 0.343. The molecular weight excluding hydrogens is 451 g/mol. The number of hydrogen-bond donors (Lipinski definition) is 3. The normalized spacial score (nSPS) is 13.9. The molecule has 0 aromatic heterocycles. The van der Waals surface area contributed by atoms with E-state index in [1.165, 1.54) is 13.0 Å². The molecule has 0 aliphatic rings. The average Bonchev–Trinajstić information content (AvgIpc) is 2.53. The zero-order valence-corrected chi connectivity index (χ0v) is 17.3. The first-order valence-electron chi connectivity index (χ1n) is 8.04. The maximum absolute atomic E-state index is 13.8. The van der Waals surface area contributed by atoms with E-state index in [1.807, 2.05) is 24.3 Å². The summed E-state index contributed by atoms with van der Waals surface area (Å²) < 4.78 is 26.8. The SMILES string of the molecule is CC(C)c1cccc(NC(N)=NCC(C)(O)c2ccc(F)cc2F)c1.I. The lowest BCUT2D eigenvalue weighted by Crippen LogP contribution is -2.30. The Morgan fingerprint density at radius 3 is 2.54 bits per heavy atom. The molecule has 0 radical (unpaired) electrons. The standard InChI is InChI=1S/C19H23F2N3O.HI/c1-12(2)13-5-4-6-15(9-13)24-18(22)23-11-19(3,25)16-8-7-14(20)10-17(16)21;/h4-10,12,25H,11H2,1-3H3,(H3,22,23,24);1H. The van der Waals surface area contributed by atoms with Gasteiger partial charge in [-0.1, -0.05) is 32.0 Å². The van der Waals surface area contributed by atoms with Crippen molar-refractivity contribution >= 4 is 35.6 Å². The van der Waals surface area contributed by atoms with Gasteiger partial charge in [0.1, 0.15) is 17.2 Å². The number of halogens is 3. The minimum absolute atomic E-state index is 0. The van der Waals surface area contributed by atoms with E-state index in [9.17, 15) is 13.9 Å². The van der Waals surface area contributed by atoms with E-state index in [0.717, 1.165) is 23.4 Å². The van der Waals surface area contributed by atoms with Crippen LogP contribution in [0.3, 0.4) is 0 Å². The van der Waals surface area contributed by atoms with Crippen molar-refractivity contribution < 1.29 is 13.9 Å². The predicted molar refractivity (Wildman–Crippen MR) is 112 cm³/mol. The summed E-state index contributed by atoms with van der Waals surface area (Å²) in [5, 5.41) is 13.4. The Hall–Kier alpha value is -1.74. The molecule has 7 heteroatoms. The van der Waals surface area contributed by atoms with Gasteiger partial charge in [-0.25, -0.2) is 13.8 Å². The van der Waals surface area contributed by atoms with Crippen LogP contribution in [0.2, 0.25) is 0 Å². The van der Waals surface area contributed by atoms with Crippen molar-refractivity contribution in [3.8, 4) is 0 Å². The summed E-state index contributed by atoms with van der Waals surface area (Å²) in [4.78, 5) is 4.08. The van der Waals surface area contributed by atoms with Crippen LogP contribution < -0.4 is 11.1 Å². The van der Waals surface area contributed by atoms with E-state index in [4.69, 9.17) is 5.73 Å². The van der Waals surface area contributed by atoms with Crippen LogP contribution in [0.4, 0.5) is 14.5 Å². The van der Waals surface area contributed by atoms with Gasteiger partial charge in [-0.3, -0.25) is 0 Å². The van der Waals surface area contributed by atoms with Crippen LogP contribution in [0.5, 0.6) is 0 Å². The van der Waals surface area contributed by atoms with Crippen molar-refractivity contribution in [2.45, 2.75) is 32.3 Å². The average molecular weight is 475 g/mol. The Kier molecular flexibility index (Phi) is 7.95. The Morgan fingerprint density at radius 1 is 1.23 bits per heavy atom. The highest BCUT2D eigenvalue weighted by Gasteiger charge is 2.26. The van der Waals surface area contributed by atoms with Crippen LogP contribution in [0.15, 0.2) is 47.5 Å². The van der Waals surface area contributed by atoms with Gasteiger partial charge in [0, 0.05) is 17.3 Å². The summed E-state index contributed by atoms with van der Waals surface area (Å²) in [6.07, 6.45) is 0. The number of aliphatic imine (C=N–C) groups is 1. The number of rotatable bonds is 5. The third-order valence-corrected chi connectivity index (χ3v) is 3.89. The Bertz CT molecular complexity index is 779. The molecule has 2 aromatic carbocycles. The number of guanidine groups is 1.